The van der Waals surface area contributed by atoms with Crippen LogP contribution in [0.15, 0.2) is 0 Å². The molecule has 0 aliphatic heterocycles. The van der Waals surface area contributed by atoms with Crippen LogP contribution in [0.2, 0.25) is 0 Å². The lowest BCUT2D eigenvalue weighted by Gasteiger charge is -2.15. The zero-order valence-corrected chi connectivity index (χ0v) is 6.45. The molecule has 1 rings (SSSR count). The summed E-state index contributed by atoms with van der Waals surface area (Å²) in [7, 11) is 0. The fraction of sp³-hybridized carbons (Fsp3) is 1.00. The highest BCUT2D eigenvalue weighted by atomic mass is 16.3. The summed E-state index contributed by atoms with van der Waals surface area (Å²) >= 11 is 0. The summed E-state index contributed by atoms with van der Waals surface area (Å²) in [4.78, 5) is 0. The number of hydrogen-bond donors (Lipinski definition) is 2. The molecular weight excluding hydrogens is 128 g/mol. The van der Waals surface area contributed by atoms with Crippen LogP contribution in [0.1, 0.15) is 32.6 Å². The quantitative estimate of drug-likeness (QED) is 0.496. The second-order valence-electron chi connectivity index (χ2n) is 3.37. The monoisotopic (exact) mass is 144 g/mol. The van der Waals surface area contributed by atoms with E-state index >= 15 is 0 Å². The highest BCUT2D eigenvalue weighted by Gasteiger charge is 2.21. The van der Waals surface area contributed by atoms with Crippen LogP contribution >= 0.6 is 0 Å². The second kappa shape index (κ2) is 3.35. The summed E-state index contributed by atoms with van der Waals surface area (Å²) in [6, 6.07) is 0. The molecule has 1 fully saturated rings. The van der Waals surface area contributed by atoms with E-state index in [1.807, 2.05) is 6.92 Å². The van der Waals surface area contributed by atoms with Gasteiger partial charge < -0.3 is 10.2 Å². The molecule has 0 spiro atoms. The van der Waals surface area contributed by atoms with Crippen molar-refractivity contribution < 1.29 is 10.2 Å². The van der Waals surface area contributed by atoms with Crippen molar-refractivity contribution in [2.75, 3.05) is 0 Å². The van der Waals surface area contributed by atoms with E-state index in [9.17, 15) is 10.2 Å². The molecule has 2 nitrogen and oxygen atoms in total. The van der Waals surface area contributed by atoms with Crippen molar-refractivity contribution in [2.45, 2.75) is 44.8 Å². The predicted molar refractivity (Wildman–Crippen MR) is 39.6 cm³/mol. The maximum atomic E-state index is 9.36. The van der Waals surface area contributed by atoms with E-state index in [2.05, 4.69) is 0 Å². The molecule has 0 amide bonds. The summed E-state index contributed by atoms with van der Waals surface area (Å²) in [5.74, 6) is 0.275. The SMILES string of the molecule is CC1CC(O)CCCC1O. The van der Waals surface area contributed by atoms with Crippen LogP contribution in [0.25, 0.3) is 0 Å². The van der Waals surface area contributed by atoms with Gasteiger partial charge in [-0.15, -0.1) is 0 Å². The molecule has 3 atom stereocenters. The fourth-order valence-corrected chi connectivity index (χ4v) is 1.55. The molecule has 1 aliphatic carbocycles. The number of aliphatic hydroxyl groups excluding tert-OH is 2. The van der Waals surface area contributed by atoms with Crippen LogP contribution in [0.5, 0.6) is 0 Å². The average Bonchev–Trinajstić information content (AvgIpc) is 1.96. The topological polar surface area (TPSA) is 40.5 Å². The lowest BCUT2D eigenvalue weighted by atomic mass is 9.99. The first-order valence-corrected chi connectivity index (χ1v) is 4.06. The molecule has 0 aromatic rings. The van der Waals surface area contributed by atoms with Crippen molar-refractivity contribution in [3.8, 4) is 0 Å². The molecule has 1 aliphatic rings. The van der Waals surface area contributed by atoms with Crippen molar-refractivity contribution in [1.29, 1.82) is 0 Å². The van der Waals surface area contributed by atoms with Crippen molar-refractivity contribution in [3.05, 3.63) is 0 Å². The molecule has 3 unspecified atom stereocenters. The molecule has 0 radical (unpaired) electrons. The maximum Gasteiger partial charge on any atom is 0.0566 e. The first kappa shape index (κ1) is 8.02. The Morgan fingerprint density at radius 2 is 1.90 bits per heavy atom. The lowest BCUT2D eigenvalue weighted by Crippen LogP contribution is -2.18. The molecule has 10 heavy (non-hydrogen) atoms. The van der Waals surface area contributed by atoms with Crippen molar-refractivity contribution in [2.24, 2.45) is 5.92 Å². The average molecular weight is 144 g/mol. The van der Waals surface area contributed by atoms with Gasteiger partial charge in [0.15, 0.2) is 0 Å². The van der Waals surface area contributed by atoms with Crippen molar-refractivity contribution >= 4 is 0 Å². The van der Waals surface area contributed by atoms with E-state index in [0.29, 0.717) is 0 Å². The van der Waals surface area contributed by atoms with Crippen LogP contribution in [0, 0.1) is 5.92 Å². The third-order valence-corrected chi connectivity index (χ3v) is 2.34. The van der Waals surface area contributed by atoms with Crippen molar-refractivity contribution in [1.82, 2.24) is 0 Å². The minimum absolute atomic E-state index is 0.174. The molecule has 1 saturated carbocycles. The molecule has 60 valence electrons. The van der Waals surface area contributed by atoms with Crippen LogP contribution in [-0.2, 0) is 0 Å². The Kier molecular flexibility index (Phi) is 2.69. The standard InChI is InChI=1S/C8H16O2/c1-6-5-7(9)3-2-4-8(6)10/h6-10H,2-5H2,1H3. The van der Waals surface area contributed by atoms with Gasteiger partial charge in [-0.1, -0.05) is 6.92 Å². The normalized spacial score (nSPS) is 42.9. The lowest BCUT2D eigenvalue weighted by molar-refractivity contribution is 0.0863. The molecule has 0 bridgehead atoms. The number of aliphatic hydroxyl groups is 2. The smallest absolute Gasteiger partial charge is 0.0566 e. The highest BCUT2D eigenvalue weighted by Crippen LogP contribution is 2.22. The van der Waals surface area contributed by atoms with Crippen LogP contribution in [-0.4, -0.2) is 22.4 Å². The van der Waals surface area contributed by atoms with E-state index in [4.69, 9.17) is 0 Å². The van der Waals surface area contributed by atoms with Gasteiger partial charge in [-0.05, 0) is 31.6 Å². The zero-order valence-electron chi connectivity index (χ0n) is 6.45. The van der Waals surface area contributed by atoms with Gasteiger partial charge in [-0.25, -0.2) is 0 Å². The van der Waals surface area contributed by atoms with Gasteiger partial charge in [-0.3, -0.25) is 0 Å². The first-order valence-electron chi connectivity index (χ1n) is 4.06. The van der Waals surface area contributed by atoms with Crippen LogP contribution in [0.4, 0.5) is 0 Å². The van der Waals surface area contributed by atoms with Gasteiger partial charge >= 0.3 is 0 Å². The van der Waals surface area contributed by atoms with Crippen LogP contribution < -0.4 is 0 Å². The summed E-state index contributed by atoms with van der Waals surface area (Å²) in [6.07, 6.45) is 3.09. The molecular formula is C8H16O2. The summed E-state index contributed by atoms with van der Waals surface area (Å²) in [5, 5.41) is 18.6. The van der Waals surface area contributed by atoms with E-state index in [1.165, 1.54) is 0 Å². The van der Waals surface area contributed by atoms with E-state index < -0.39 is 0 Å². The van der Waals surface area contributed by atoms with Gasteiger partial charge in [0.05, 0.1) is 12.2 Å². The minimum Gasteiger partial charge on any atom is -0.393 e. The van der Waals surface area contributed by atoms with E-state index in [1.54, 1.807) is 0 Å². The largest absolute Gasteiger partial charge is 0.393 e. The molecule has 2 N–H and O–H groups in total. The van der Waals surface area contributed by atoms with Gasteiger partial charge in [0.25, 0.3) is 0 Å². The Balaban J connectivity index is 2.41. The zero-order chi connectivity index (χ0) is 7.56. The van der Waals surface area contributed by atoms with Gasteiger partial charge in [0.1, 0.15) is 0 Å². The van der Waals surface area contributed by atoms with Crippen LogP contribution in [0.3, 0.4) is 0 Å². The third-order valence-electron chi connectivity index (χ3n) is 2.34. The Hall–Kier alpha value is -0.0800. The van der Waals surface area contributed by atoms with E-state index in [0.717, 1.165) is 25.7 Å². The van der Waals surface area contributed by atoms with Gasteiger partial charge in [0.2, 0.25) is 0 Å². The number of rotatable bonds is 0. The Bertz CT molecular complexity index is 103. The molecule has 0 aromatic heterocycles. The first-order chi connectivity index (χ1) is 4.70. The Labute approximate surface area is 61.9 Å². The Morgan fingerprint density at radius 1 is 1.20 bits per heavy atom. The maximum absolute atomic E-state index is 9.36. The van der Waals surface area contributed by atoms with Gasteiger partial charge in [0, 0.05) is 0 Å². The number of hydrogen-bond acceptors (Lipinski definition) is 2. The summed E-state index contributed by atoms with van der Waals surface area (Å²) in [6.45, 7) is 2.00. The molecule has 0 aromatic carbocycles. The minimum atomic E-state index is -0.183. The molecule has 2 heteroatoms. The summed E-state index contributed by atoms with van der Waals surface area (Å²) < 4.78 is 0. The molecule has 0 heterocycles. The predicted octanol–water partition coefficient (Wildman–Crippen LogP) is 0.918. The van der Waals surface area contributed by atoms with E-state index in [-0.39, 0.29) is 18.1 Å². The second-order valence-corrected chi connectivity index (χ2v) is 3.37. The Morgan fingerprint density at radius 3 is 2.60 bits per heavy atom. The molecule has 0 saturated heterocycles. The van der Waals surface area contributed by atoms with Gasteiger partial charge in [-0.2, -0.15) is 0 Å². The summed E-state index contributed by atoms with van der Waals surface area (Å²) in [5.41, 5.74) is 0. The third kappa shape index (κ3) is 1.96. The van der Waals surface area contributed by atoms with Crippen molar-refractivity contribution in [3.63, 3.8) is 0 Å². The highest BCUT2D eigenvalue weighted by molar-refractivity contribution is 4.73. The fourth-order valence-electron chi connectivity index (χ4n) is 1.55.